The van der Waals surface area contributed by atoms with Crippen molar-refractivity contribution in [3.63, 3.8) is 0 Å². The molecule has 1 aromatic heterocycles. The number of rotatable bonds is 8. The molecule has 0 aliphatic heterocycles. The number of anilines is 1. The lowest BCUT2D eigenvalue weighted by atomic mass is 10.1. The molecule has 1 N–H and O–H groups in total. The summed E-state index contributed by atoms with van der Waals surface area (Å²) in [5.74, 6) is 1.37. The van der Waals surface area contributed by atoms with Gasteiger partial charge in [0.1, 0.15) is 18.1 Å². The molecule has 0 unspecified atom stereocenters. The fourth-order valence-electron chi connectivity index (χ4n) is 2.94. The monoisotopic (exact) mass is 449 g/mol. The van der Waals surface area contributed by atoms with Crippen LogP contribution < -0.4 is 14.9 Å². The molecule has 4 rings (SSSR count). The van der Waals surface area contributed by atoms with Gasteiger partial charge in [0.15, 0.2) is 0 Å². The van der Waals surface area contributed by atoms with Gasteiger partial charge in [-0.1, -0.05) is 54.1 Å². The van der Waals surface area contributed by atoms with E-state index >= 15 is 0 Å². The second kappa shape index (κ2) is 10.1. The summed E-state index contributed by atoms with van der Waals surface area (Å²) in [7, 11) is 1.64. The predicted molar refractivity (Wildman–Crippen MR) is 128 cm³/mol. The minimum absolute atomic E-state index is 0.328. The summed E-state index contributed by atoms with van der Waals surface area (Å²) in [6, 6.07) is 23.2. The molecule has 0 amide bonds. The number of nitrogens with one attached hydrogen (secondary N) is 1. The van der Waals surface area contributed by atoms with E-state index in [0.717, 1.165) is 33.3 Å². The molecular formula is C24H20ClN3O2S. The first kappa shape index (κ1) is 20.9. The summed E-state index contributed by atoms with van der Waals surface area (Å²) in [6.45, 7) is 0.328. The maximum Gasteiger partial charge on any atom is 0.203 e. The van der Waals surface area contributed by atoms with Crippen molar-refractivity contribution in [2.24, 2.45) is 5.10 Å². The smallest absolute Gasteiger partial charge is 0.203 e. The van der Waals surface area contributed by atoms with Crippen molar-refractivity contribution >= 4 is 34.3 Å². The molecule has 31 heavy (non-hydrogen) atoms. The minimum Gasteiger partial charge on any atom is -0.496 e. The first-order valence-corrected chi connectivity index (χ1v) is 10.8. The van der Waals surface area contributed by atoms with E-state index < -0.39 is 0 Å². The number of aromatic nitrogens is 1. The van der Waals surface area contributed by atoms with E-state index in [1.807, 2.05) is 72.1 Å². The van der Waals surface area contributed by atoms with Gasteiger partial charge in [-0.05, 0) is 35.9 Å². The SMILES string of the molecule is COc1ccc(C=NNc2nc(-c3ccccc3)cs2)cc1COc1ccccc1Cl. The van der Waals surface area contributed by atoms with Gasteiger partial charge in [-0.3, -0.25) is 5.43 Å². The Balaban J connectivity index is 1.42. The number of nitrogens with zero attached hydrogens (tertiary/aromatic N) is 2. The highest BCUT2D eigenvalue weighted by atomic mass is 35.5. The topological polar surface area (TPSA) is 55.7 Å². The molecule has 5 nitrogen and oxygen atoms in total. The van der Waals surface area contributed by atoms with Crippen LogP contribution in [0.2, 0.25) is 5.02 Å². The number of benzene rings is 3. The first-order chi connectivity index (χ1) is 15.2. The summed E-state index contributed by atoms with van der Waals surface area (Å²) in [6.07, 6.45) is 1.74. The van der Waals surface area contributed by atoms with Crippen LogP contribution in [0.4, 0.5) is 5.13 Å². The van der Waals surface area contributed by atoms with Crippen molar-refractivity contribution in [1.82, 2.24) is 4.98 Å². The lowest BCUT2D eigenvalue weighted by Crippen LogP contribution is -2.00. The molecule has 156 valence electrons. The number of thiazole rings is 1. The van der Waals surface area contributed by atoms with Gasteiger partial charge in [-0.15, -0.1) is 11.3 Å². The van der Waals surface area contributed by atoms with Crippen LogP contribution in [0.15, 0.2) is 83.3 Å². The molecule has 0 spiro atoms. The normalized spacial score (nSPS) is 10.9. The van der Waals surface area contributed by atoms with E-state index in [0.29, 0.717) is 17.4 Å². The summed E-state index contributed by atoms with van der Waals surface area (Å²) in [5, 5.41) is 7.62. The number of ether oxygens (including phenoxy) is 2. The molecule has 0 bridgehead atoms. The third-order valence-corrected chi connectivity index (χ3v) is 5.53. The molecule has 0 fully saturated rings. The number of hydrazone groups is 1. The Hall–Kier alpha value is -3.35. The molecule has 0 saturated carbocycles. The molecule has 3 aromatic carbocycles. The van der Waals surface area contributed by atoms with Gasteiger partial charge in [0.05, 0.1) is 24.0 Å². The van der Waals surface area contributed by atoms with Crippen molar-refractivity contribution in [2.75, 3.05) is 12.5 Å². The number of hydrogen-bond acceptors (Lipinski definition) is 6. The third-order valence-electron chi connectivity index (χ3n) is 4.47. The first-order valence-electron chi connectivity index (χ1n) is 9.57. The quantitative estimate of drug-likeness (QED) is 0.246. The van der Waals surface area contributed by atoms with E-state index in [1.54, 1.807) is 19.4 Å². The largest absolute Gasteiger partial charge is 0.496 e. The number of methoxy groups -OCH3 is 1. The van der Waals surface area contributed by atoms with E-state index in [4.69, 9.17) is 21.1 Å². The second-order valence-corrected chi connectivity index (χ2v) is 7.83. The van der Waals surface area contributed by atoms with Crippen LogP contribution in [0, 0.1) is 0 Å². The maximum absolute atomic E-state index is 6.17. The van der Waals surface area contributed by atoms with Crippen LogP contribution >= 0.6 is 22.9 Å². The summed E-state index contributed by atoms with van der Waals surface area (Å²) < 4.78 is 11.3. The molecule has 0 saturated heterocycles. The second-order valence-electron chi connectivity index (χ2n) is 6.56. The van der Waals surface area contributed by atoms with Gasteiger partial charge in [-0.2, -0.15) is 5.10 Å². The van der Waals surface area contributed by atoms with Crippen LogP contribution in [-0.4, -0.2) is 18.3 Å². The Bertz CT molecular complexity index is 1180. The van der Waals surface area contributed by atoms with Crippen molar-refractivity contribution in [3.8, 4) is 22.8 Å². The standard InChI is InChI=1S/C24H20ClN3O2S/c1-29-22-12-11-17(13-19(22)15-30-23-10-6-5-9-20(23)25)14-26-28-24-27-21(16-31-24)18-7-3-2-4-8-18/h2-14,16H,15H2,1H3,(H,27,28). The van der Waals surface area contributed by atoms with Crippen LogP contribution in [-0.2, 0) is 6.61 Å². The van der Waals surface area contributed by atoms with Gasteiger partial charge < -0.3 is 9.47 Å². The Labute approximate surface area is 190 Å². The molecular weight excluding hydrogens is 430 g/mol. The Morgan fingerprint density at radius 2 is 1.84 bits per heavy atom. The van der Waals surface area contributed by atoms with Crippen LogP contribution in [0.1, 0.15) is 11.1 Å². The highest BCUT2D eigenvalue weighted by Crippen LogP contribution is 2.27. The summed E-state index contributed by atoms with van der Waals surface area (Å²) in [4.78, 5) is 4.57. The van der Waals surface area contributed by atoms with Crippen molar-refractivity contribution < 1.29 is 9.47 Å². The highest BCUT2D eigenvalue weighted by molar-refractivity contribution is 7.14. The molecule has 0 radical (unpaired) electrons. The van der Waals surface area contributed by atoms with Gasteiger partial charge in [0.25, 0.3) is 0 Å². The average molecular weight is 450 g/mol. The zero-order valence-electron chi connectivity index (χ0n) is 16.8. The molecule has 1 heterocycles. The third kappa shape index (κ3) is 5.42. The van der Waals surface area contributed by atoms with E-state index in [1.165, 1.54) is 11.3 Å². The highest BCUT2D eigenvalue weighted by Gasteiger charge is 2.07. The number of para-hydroxylation sites is 1. The Morgan fingerprint density at radius 1 is 1.03 bits per heavy atom. The van der Waals surface area contributed by atoms with E-state index in [2.05, 4.69) is 15.5 Å². The van der Waals surface area contributed by atoms with Gasteiger partial charge in [0, 0.05) is 16.5 Å². The average Bonchev–Trinajstić information content (AvgIpc) is 3.28. The zero-order valence-corrected chi connectivity index (χ0v) is 18.4. The van der Waals surface area contributed by atoms with Crippen molar-refractivity contribution in [1.29, 1.82) is 0 Å². The molecule has 0 aliphatic rings. The maximum atomic E-state index is 6.17. The Kier molecular flexibility index (Phi) is 6.82. The van der Waals surface area contributed by atoms with Gasteiger partial charge in [0.2, 0.25) is 5.13 Å². The van der Waals surface area contributed by atoms with Gasteiger partial charge in [-0.25, -0.2) is 4.98 Å². The molecule has 7 heteroatoms. The molecule has 0 atom stereocenters. The summed E-state index contributed by atoms with van der Waals surface area (Å²) in [5.41, 5.74) is 6.80. The van der Waals surface area contributed by atoms with E-state index in [9.17, 15) is 0 Å². The fourth-order valence-corrected chi connectivity index (χ4v) is 3.80. The number of halogens is 1. The van der Waals surface area contributed by atoms with Crippen LogP contribution in [0.25, 0.3) is 11.3 Å². The molecule has 4 aromatic rings. The fraction of sp³-hybridized carbons (Fsp3) is 0.0833. The predicted octanol–water partition coefficient (Wildman–Crippen LogP) is 6.50. The lowest BCUT2D eigenvalue weighted by Gasteiger charge is -2.12. The summed E-state index contributed by atoms with van der Waals surface area (Å²) >= 11 is 7.68. The van der Waals surface area contributed by atoms with Crippen LogP contribution in [0.5, 0.6) is 11.5 Å². The zero-order chi connectivity index (χ0) is 21.5. The Morgan fingerprint density at radius 3 is 2.65 bits per heavy atom. The van der Waals surface area contributed by atoms with Gasteiger partial charge >= 0.3 is 0 Å². The van der Waals surface area contributed by atoms with Crippen molar-refractivity contribution in [3.05, 3.63) is 94.3 Å². The van der Waals surface area contributed by atoms with Crippen LogP contribution in [0.3, 0.4) is 0 Å². The van der Waals surface area contributed by atoms with E-state index in [-0.39, 0.29) is 0 Å². The molecule has 0 aliphatic carbocycles. The number of hydrogen-bond donors (Lipinski definition) is 1. The van der Waals surface area contributed by atoms with Crippen molar-refractivity contribution in [2.45, 2.75) is 6.61 Å². The lowest BCUT2D eigenvalue weighted by molar-refractivity contribution is 0.297. The minimum atomic E-state index is 0.328.